The molecule has 616 valence electrons. The summed E-state index contributed by atoms with van der Waals surface area (Å²) in [7, 11) is 0. The lowest BCUT2D eigenvalue weighted by molar-refractivity contribution is 0.660. The van der Waals surface area contributed by atoms with Gasteiger partial charge >= 0.3 is 0 Å². The highest BCUT2D eigenvalue weighted by Gasteiger charge is 2.38. The third kappa shape index (κ3) is 12.1. The van der Waals surface area contributed by atoms with E-state index in [1.165, 1.54) is 274 Å². The first-order valence-electron chi connectivity index (χ1n) is 46.4. The molecule has 0 aliphatic heterocycles. The molecule has 0 N–H and O–H groups in total. The topological polar surface area (TPSA) is 0 Å². The molecular formula is C132H88. The van der Waals surface area contributed by atoms with Gasteiger partial charge in [0.05, 0.1) is 0 Å². The molecule has 25 aromatic carbocycles. The van der Waals surface area contributed by atoms with Crippen LogP contribution in [0.4, 0.5) is 0 Å². The van der Waals surface area contributed by atoms with Crippen LogP contribution in [0.2, 0.25) is 0 Å². The van der Waals surface area contributed by atoms with Gasteiger partial charge < -0.3 is 0 Å². The van der Waals surface area contributed by atoms with Crippen LogP contribution in [0.5, 0.6) is 0 Å². The maximum atomic E-state index is 2.50. The zero-order valence-electron chi connectivity index (χ0n) is 73.9. The quantitative estimate of drug-likeness (QED) is 0.126. The SMILES string of the molecule is CC1(C)c2ccccc2-c2ccc(-c3c4ccccc4c(-c4ccc(-c5ccc6c(-c7ccc8ccccc8c7)c7ccccc7c(-c7ccc8ccccc8c7)c6c5)cc4)c4ccccc34)cc21.CC1(C)c2ccccc2-c2ccc(-c3c4ccccc4c(-c4ccc5c(-c6ccc7ccccc7c6)c6ccccc6c(-c6ccc7ccccc7c6)c5c4)c4ccccc34)cc21. The van der Waals surface area contributed by atoms with Gasteiger partial charge in [0.2, 0.25) is 0 Å². The van der Waals surface area contributed by atoms with Crippen molar-refractivity contribution >= 4 is 129 Å². The molecule has 0 saturated carbocycles. The van der Waals surface area contributed by atoms with Crippen LogP contribution in [0.25, 0.3) is 252 Å². The lowest BCUT2D eigenvalue weighted by Gasteiger charge is -2.23. The lowest BCUT2D eigenvalue weighted by Crippen LogP contribution is -2.14. The predicted octanol–water partition coefficient (Wildman–Crippen LogP) is 36.8. The summed E-state index contributed by atoms with van der Waals surface area (Å²) in [6.45, 7) is 9.50. The standard InChI is InChI=1S/C69H46.C63H42/c1-69(2)63-26-14-13-19-53(63)54-37-36-52(42-64(54)69)67-57-22-9-7-20-55(57)65(56-21-8-10-23-58(56)67)46-31-27-45(28-32-46)49-35-38-61-62(41-49)68(51-34-30-44-16-4-6-18-48(44)40-51)60-25-12-11-24-59(60)66(61)50-33-29-43-15-3-5-17-47(43)39-50;1-63(2)57-26-14-13-19-47(57)48-33-31-46(38-58(48)63)61-51-22-9-7-20-49(51)60(50-21-8-10-23-52(50)61)45-32-34-55-56(37-45)62(44-30-28-40-16-4-6-18-42(40)36-44)54-25-12-11-24-53(54)59(55)43-29-27-39-15-3-5-17-41(39)35-43/h3-42H,1-2H3;3-38H,1-2H3. The Balaban J connectivity index is 0.000000139. The molecule has 0 aromatic heterocycles. The van der Waals surface area contributed by atoms with Gasteiger partial charge in [-0.1, -0.05) is 440 Å². The maximum absolute atomic E-state index is 2.50. The van der Waals surface area contributed by atoms with Crippen molar-refractivity contribution in [3.8, 4) is 122 Å². The fraction of sp³-hybridized carbons (Fsp3) is 0.0455. The number of fused-ring (bicyclic) bond motifs is 18. The molecule has 0 heterocycles. The molecule has 0 fully saturated rings. The molecule has 2 aliphatic rings. The Morgan fingerprint density at radius 1 is 0.114 bits per heavy atom. The highest BCUT2D eigenvalue weighted by atomic mass is 14.4. The molecular weight excluding hydrogens is 1590 g/mol. The average Bonchev–Trinajstić information content (AvgIpc) is 1.09. The predicted molar refractivity (Wildman–Crippen MR) is 567 cm³/mol. The van der Waals surface area contributed by atoms with Gasteiger partial charge in [-0.05, 0) is 322 Å². The Bertz CT molecular complexity index is 9090. The van der Waals surface area contributed by atoms with Gasteiger partial charge in [0.25, 0.3) is 0 Å². The van der Waals surface area contributed by atoms with Gasteiger partial charge in [-0.3, -0.25) is 0 Å². The number of hydrogen-bond donors (Lipinski definition) is 0. The molecule has 0 nitrogen and oxygen atoms in total. The molecule has 0 bridgehead atoms. The van der Waals surface area contributed by atoms with Crippen LogP contribution in [0.1, 0.15) is 49.9 Å². The van der Waals surface area contributed by atoms with Crippen molar-refractivity contribution in [1.82, 2.24) is 0 Å². The Morgan fingerprint density at radius 2 is 0.303 bits per heavy atom. The third-order valence-electron chi connectivity index (χ3n) is 29.6. The average molecular weight is 1670 g/mol. The number of benzene rings is 25. The molecule has 2 aliphatic carbocycles. The molecule has 0 atom stereocenters. The van der Waals surface area contributed by atoms with E-state index in [2.05, 4.69) is 489 Å². The Morgan fingerprint density at radius 3 is 0.614 bits per heavy atom. The van der Waals surface area contributed by atoms with Crippen molar-refractivity contribution in [2.24, 2.45) is 0 Å². The van der Waals surface area contributed by atoms with E-state index in [4.69, 9.17) is 0 Å². The smallest absolute Gasteiger partial charge is 0.0159 e. The summed E-state index contributed by atoms with van der Waals surface area (Å²) in [4.78, 5) is 0. The summed E-state index contributed by atoms with van der Waals surface area (Å²) in [5, 5.41) is 30.2. The van der Waals surface area contributed by atoms with Crippen LogP contribution in [0.15, 0.2) is 461 Å². The molecule has 0 amide bonds. The highest BCUT2D eigenvalue weighted by Crippen LogP contribution is 2.57. The van der Waals surface area contributed by atoms with Gasteiger partial charge in [0, 0.05) is 10.8 Å². The zero-order chi connectivity index (χ0) is 87.6. The lowest BCUT2D eigenvalue weighted by atomic mass is 9.80. The van der Waals surface area contributed by atoms with E-state index < -0.39 is 0 Å². The van der Waals surface area contributed by atoms with E-state index in [0.29, 0.717) is 0 Å². The maximum Gasteiger partial charge on any atom is 0.0159 e. The molecule has 132 heavy (non-hydrogen) atoms. The minimum Gasteiger partial charge on any atom is -0.0619 e. The van der Waals surface area contributed by atoms with Crippen molar-refractivity contribution < 1.29 is 0 Å². The van der Waals surface area contributed by atoms with Gasteiger partial charge in [0.1, 0.15) is 0 Å². The van der Waals surface area contributed by atoms with E-state index in [0.717, 1.165) is 0 Å². The van der Waals surface area contributed by atoms with Crippen molar-refractivity contribution in [3.05, 3.63) is 483 Å². The van der Waals surface area contributed by atoms with Crippen LogP contribution in [-0.2, 0) is 10.8 Å². The van der Waals surface area contributed by atoms with Crippen LogP contribution >= 0.6 is 0 Å². The molecule has 0 spiro atoms. The minimum absolute atomic E-state index is 0.0778. The largest absolute Gasteiger partial charge is 0.0619 e. The van der Waals surface area contributed by atoms with Gasteiger partial charge in [-0.15, -0.1) is 0 Å². The third-order valence-corrected chi connectivity index (χ3v) is 29.6. The Kier molecular flexibility index (Phi) is 17.5. The normalized spacial score (nSPS) is 13.0. The summed E-state index contributed by atoms with van der Waals surface area (Å²) in [6.07, 6.45) is 0. The minimum atomic E-state index is -0.0861. The van der Waals surface area contributed by atoms with Crippen molar-refractivity contribution in [3.63, 3.8) is 0 Å². The molecule has 0 unspecified atom stereocenters. The summed E-state index contributed by atoms with van der Waals surface area (Å²) < 4.78 is 0. The van der Waals surface area contributed by atoms with E-state index >= 15 is 0 Å². The molecule has 0 heteroatoms. The summed E-state index contributed by atoms with van der Waals surface area (Å²) in [6, 6.07) is 173. The molecule has 0 radical (unpaired) electrons. The fourth-order valence-corrected chi connectivity index (χ4v) is 23.4. The fourth-order valence-electron chi connectivity index (χ4n) is 23.4. The second-order valence-electron chi connectivity index (χ2n) is 37.5. The van der Waals surface area contributed by atoms with Crippen molar-refractivity contribution in [1.29, 1.82) is 0 Å². The second kappa shape index (κ2) is 30.1. The number of hydrogen-bond acceptors (Lipinski definition) is 0. The van der Waals surface area contributed by atoms with E-state index in [-0.39, 0.29) is 10.8 Å². The summed E-state index contributed by atoms with van der Waals surface area (Å²) in [5.41, 5.74) is 33.3. The van der Waals surface area contributed by atoms with Crippen molar-refractivity contribution in [2.75, 3.05) is 0 Å². The molecule has 25 aromatic rings. The summed E-state index contributed by atoms with van der Waals surface area (Å²) >= 11 is 0. The van der Waals surface area contributed by atoms with Crippen LogP contribution in [-0.4, -0.2) is 0 Å². The van der Waals surface area contributed by atoms with Gasteiger partial charge in [0.15, 0.2) is 0 Å². The van der Waals surface area contributed by atoms with E-state index in [9.17, 15) is 0 Å². The second-order valence-corrected chi connectivity index (χ2v) is 37.5. The van der Waals surface area contributed by atoms with E-state index in [1.54, 1.807) is 0 Å². The summed E-state index contributed by atoms with van der Waals surface area (Å²) in [5.74, 6) is 0. The first-order chi connectivity index (χ1) is 65.0. The first kappa shape index (κ1) is 76.8. The molecule has 0 saturated heterocycles. The monoisotopic (exact) mass is 1670 g/mol. The Hall–Kier alpha value is -16.4. The molecule has 27 rings (SSSR count). The Labute approximate surface area is 767 Å². The van der Waals surface area contributed by atoms with Gasteiger partial charge in [-0.2, -0.15) is 0 Å². The van der Waals surface area contributed by atoms with Crippen LogP contribution in [0.3, 0.4) is 0 Å². The van der Waals surface area contributed by atoms with Crippen LogP contribution < -0.4 is 0 Å². The van der Waals surface area contributed by atoms with Gasteiger partial charge in [-0.25, -0.2) is 0 Å². The first-order valence-corrected chi connectivity index (χ1v) is 46.4. The van der Waals surface area contributed by atoms with E-state index in [1.807, 2.05) is 0 Å². The van der Waals surface area contributed by atoms with Crippen LogP contribution in [0, 0.1) is 0 Å². The number of rotatable bonds is 9. The zero-order valence-corrected chi connectivity index (χ0v) is 73.9. The van der Waals surface area contributed by atoms with Crippen molar-refractivity contribution in [2.45, 2.75) is 38.5 Å². The highest BCUT2D eigenvalue weighted by molar-refractivity contribution is 6.28.